The molecule has 0 bridgehead atoms. The molecule has 0 fully saturated rings. The summed E-state index contributed by atoms with van der Waals surface area (Å²) in [5.41, 5.74) is 0.505. The minimum Gasteiger partial charge on any atom is -0.545 e. The van der Waals surface area contributed by atoms with E-state index in [2.05, 4.69) is 9.71 Å². The summed E-state index contributed by atoms with van der Waals surface area (Å²) >= 11 is 0. The van der Waals surface area contributed by atoms with Crippen LogP contribution in [0.4, 0.5) is 5.69 Å². The predicted octanol–water partition coefficient (Wildman–Crippen LogP) is 1.00. The third-order valence-corrected chi connectivity index (χ3v) is 4.99. The van der Waals surface area contributed by atoms with Crippen LogP contribution in [0.1, 0.15) is 15.9 Å². The molecule has 2 N–H and O–H groups in total. The van der Waals surface area contributed by atoms with Gasteiger partial charge < -0.3 is 14.9 Å². The van der Waals surface area contributed by atoms with E-state index in [1.165, 1.54) is 18.2 Å². The number of nitrogens with one attached hydrogen (secondary N) is 2. The third kappa shape index (κ3) is 3.38. The first-order valence-electron chi connectivity index (χ1n) is 7.24. The van der Waals surface area contributed by atoms with E-state index in [1.807, 2.05) is 13.0 Å². The van der Waals surface area contributed by atoms with Crippen molar-refractivity contribution in [3.63, 3.8) is 0 Å². The molecule has 0 aliphatic heterocycles. The van der Waals surface area contributed by atoms with Crippen LogP contribution < -0.4 is 15.4 Å². The van der Waals surface area contributed by atoms with Crippen LogP contribution in [0.5, 0.6) is 0 Å². The van der Waals surface area contributed by atoms with Crippen molar-refractivity contribution in [2.24, 2.45) is 0 Å². The lowest BCUT2D eigenvalue weighted by atomic mass is 10.1. The quantitative estimate of drug-likeness (QED) is 0.722. The average molecular weight is 357 g/mol. The predicted molar refractivity (Wildman–Crippen MR) is 90.9 cm³/mol. The Hall–Kier alpha value is -3.13. The van der Waals surface area contributed by atoms with E-state index >= 15 is 0 Å². The van der Waals surface area contributed by atoms with Crippen molar-refractivity contribution in [3.05, 3.63) is 70.0 Å². The number of carboxylic acid groups (broad SMARTS) is 1. The van der Waals surface area contributed by atoms with Gasteiger partial charge in [-0.1, -0.05) is 12.1 Å². The second-order valence-corrected chi connectivity index (χ2v) is 7.20. The Bertz CT molecular complexity index is 1150. The third-order valence-electron chi connectivity index (χ3n) is 3.62. The zero-order valence-corrected chi connectivity index (χ0v) is 13.9. The number of hydrogen-bond donors (Lipinski definition) is 2. The van der Waals surface area contributed by atoms with E-state index in [4.69, 9.17) is 0 Å². The Labute approximate surface area is 143 Å². The lowest BCUT2D eigenvalue weighted by Crippen LogP contribution is -2.25. The molecule has 0 atom stereocenters. The number of aromatic carboxylic acids is 1. The monoisotopic (exact) mass is 357 g/mol. The number of pyridine rings is 1. The van der Waals surface area contributed by atoms with Crippen LogP contribution in [0.3, 0.4) is 0 Å². The van der Waals surface area contributed by atoms with Crippen LogP contribution in [-0.4, -0.2) is 19.4 Å². The van der Waals surface area contributed by atoms with Crippen molar-refractivity contribution in [3.8, 4) is 0 Å². The molecule has 0 spiro atoms. The number of sulfonamides is 1. The molecule has 0 aliphatic carbocycles. The number of H-pyrrole nitrogens is 1. The van der Waals surface area contributed by atoms with Gasteiger partial charge in [0.15, 0.2) is 0 Å². The Morgan fingerprint density at radius 2 is 1.88 bits per heavy atom. The fraction of sp³-hybridized carbons (Fsp3) is 0.0588. The number of carboxylic acids is 1. The van der Waals surface area contributed by atoms with Gasteiger partial charge in [-0.2, -0.15) is 0 Å². The van der Waals surface area contributed by atoms with Crippen LogP contribution in [0.25, 0.3) is 10.9 Å². The zero-order valence-electron chi connectivity index (χ0n) is 13.1. The molecule has 7 nitrogen and oxygen atoms in total. The SMILES string of the molecule is Cc1cccc(NS(=O)(=O)c2ccc3[nH]c(=O)cc(C(=O)[O-])c3c2)c1. The van der Waals surface area contributed by atoms with Crippen molar-refractivity contribution in [2.75, 3.05) is 4.72 Å². The molecule has 8 heteroatoms. The van der Waals surface area contributed by atoms with Gasteiger partial charge in [0.2, 0.25) is 5.56 Å². The Kier molecular flexibility index (Phi) is 4.05. The van der Waals surface area contributed by atoms with Gasteiger partial charge in [-0.05, 0) is 42.8 Å². The molecule has 128 valence electrons. The molecule has 0 amide bonds. The highest BCUT2D eigenvalue weighted by Gasteiger charge is 2.16. The van der Waals surface area contributed by atoms with Crippen LogP contribution >= 0.6 is 0 Å². The highest BCUT2D eigenvalue weighted by molar-refractivity contribution is 7.92. The Morgan fingerprint density at radius 1 is 1.12 bits per heavy atom. The lowest BCUT2D eigenvalue weighted by Gasteiger charge is -2.11. The number of aromatic nitrogens is 1. The van der Waals surface area contributed by atoms with E-state index in [0.29, 0.717) is 5.69 Å². The number of carbonyl (C=O) groups excluding carboxylic acids is 1. The summed E-state index contributed by atoms with van der Waals surface area (Å²) < 4.78 is 27.6. The van der Waals surface area contributed by atoms with E-state index in [0.717, 1.165) is 11.6 Å². The number of aromatic amines is 1. The highest BCUT2D eigenvalue weighted by atomic mass is 32.2. The van der Waals surface area contributed by atoms with Crippen molar-refractivity contribution >= 4 is 32.6 Å². The maximum absolute atomic E-state index is 12.6. The summed E-state index contributed by atoms with van der Waals surface area (Å²) in [6, 6.07) is 11.5. The summed E-state index contributed by atoms with van der Waals surface area (Å²) in [5, 5.41) is 11.3. The normalized spacial score (nSPS) is 11.4. The number of hydrogen-bond acceptors (Lipinski definition) is 5. The molecule has 3 aromatic rings. The van der Waals surface area contributed by atoms with Crippen molar-refractivity contribution < 1.29 is 18.3 Å². The minimum absolute atomic E-state index is 0.0757. The number of rotatable bonds is 4. The first-order valence-corrected chi connectivity index (χ1v) is 8.72. The molecule has 3 rings (SSSR count). The Morgan fingerprint density at radius 3 is 2.56 bits per heavy atom. The summed E-state index contributed by atoms with van der Waals surface area (Å²) in [4.78, 5) is 25.0. The summed E-state index contributed by atoms with van der Waals surface area (Å²) in [6.07, 6.45) is 0. The smallest absolute Gasteiger partial charge is 0.261 e. The van der Waals surface area contributed by atoms with E-state index < -0.39 is 21.6 Å². The van der Waals surface area contributed by atoms with Crippen molar-refractivity contribution in [2.45, 2.75) is 11.8 Å². The topological polar surface area (TPSA) is 119 Å². The first-order chi connectivity index (χ1) is 11.8. The van der Waals surface area contributed by atoms with Gasteiger partial charge in [-0.3, -0.25) is 9.52 Å². The highest BCUT2D eigenvalue weighted by Crippen LogP contribution is 2.22. The number of aryl methyl sites for hydroxylation is 1. The van der Waals surface area contributed by atoms with Gasteiger partial charge in [0.1, 0.15) is 0 Å². The van der Waals surface area contributed by atoms with Crippen molar-refractivity contribution in [1.82, 2.24) is 4.98 Å². The second kappa shape index (κ2) is 6.06. The fourth-order valence-corrected chi connectivity index (χ4v) is 3.57. The van der Waals surface area contributed by atoms with E-state index in [1.54, 1.807) is 18.2 Å². The van der Waals surface area contributed by atoms with Gasteiger partial charge >= 0.3 is 0 Å². The summed E-state index contributed by atoms with van der Waals surface area (Å²) in [7, 11) is -3.93. The van der Waals surface area contributed by atoms with Gasteiger partial charge in [0.05, 0.1) is 10.9 Å². The zero-order chi connectivity index (χ0) is 18.2. The molecule has 0 unspecified atom stereocenters. The number of benzene rings is 2. The summed E-state index contributed by atoms with van der Waals surface area (Å²) in [5.74, 6) is -1.56. The standard InChI is InChI=1S/C17H14N2O5S/c1-10-3-2-4-11(7-10)19-25(23,24)12-5-6-15-13(8-12)14(17(21)22)9-16(20)18-15/h2-9,19H,1H3,(H,18,20)(H,21,22)/p-1. The molecular weight excluding hydrogens is 344 g/mol. The van der Waals surface area contributed by atoms with Crippen LogP contribution in [0.15, 0.2) is 58.2 Å². The molecule has 0 saturated heterocycles. The van der Waals surface area contributed by atoms with E-state index in [-0.39, 0.29) is 21.4 Å². The lowest BCUT2D eigenvalue weighted by molar-refractivity contribution is -0.254. The van der Waals surface area contributed by atoms with Crippen LogP contribution in [0.2, 0.25) is 0 Å². The molecule has 25 heavy (non-hydrogen) atoms. The van der Waals surface area contributed by atoms with Crippen LogP contribution in [-0.2, 0) is 10.0 Å². The number of fused-ring (bicyclic) bond motifs is 1. The first kappa shape index (κ1) is 16.7. The molecule has 2 aromatic carbocycles. The van der Waals surface area contributed by atoms with Gasteiger partial charge in [0.25, 0.3) is 10.0 Å². The maximum atomic E-state index is 12.6. The number of anilines is 1. The number of carbonyl (C=O) groups is 1. The molecule has 1 heterocycles. The summed E-state index contributed by atoms with van der Waals surface area (Å²) in [6.45, 7) is 1.83. The van der Waals surface area contributed by atoms with Crippen LogP contribution in [0, 0.1) is 6.92 Å². The molecule has 0 radical (unpaired) electrons. The van der Waals surface area contributed by atoms with Gasteiger partial charge in [-0.25, -0.2) is 8.42 Å². The molecular formula is C17H13N2O5S-. The van der Waals surface area contributed by atoms with E-state index in [9.17, 15) is 23.1 Å². The largest absolute Gasteiger partial charge is 0.545 e. The average Bonchev–Trinajstić information content (AvgIpc) is 2.53. The van der Waals surface area contributed by atoms with Gasteiger partial charge in [0, 0.05) is 28.2 Å². The molecule has 1 aromatic heterocycles. The minimum atomic E-state index is -3.93. The van der Waals surface area contributed by atoms with Crippen molar-refractivity contribution in [1.29, 1.82) is 0 Å². The Balaban J connectivity index is 2.12. The molecule has 0 aliphatic rings. The fourth-order valence-electron chi connectivity index (χ4n) is 2.49. The molecule has 0 saturated carbocycles. The maximum Gasteiger partial charge on any atom is 0.261 e. The van der Waals surface area contributed by atoms with Gasteiger partial charge in [-0.15, -0.1) is 0 Å². The second-order valence-electron chi connectivity index (χ2n) is 5.52.